The van der Waals surface area contributed by atoms with Crippen molar-refractivity contribution in [2.45, 2.75) is 52.0 Å². The Hall–Kier alpha value is -0.0731. The van der Waals surface area contributed by atoms with Gasteiger partial charge in [0.25, 0.3) is 0 Å². The quantitative estimate of drug-likeness (QED) is 0.537. The van der Waals surface area contributed by atoms with Gasteiger partial charge in [0.05, 0.1) is 25.7 Å². The van der Waals surface area contributed by atoms with E-state index >= 15 is 0 Å². The third-order valence-electron chi connectivity index (χ3n) is 3.42. The molecule has 2 nitrogen and oxygen atoms in total. The van der Waals surface area contributed by atoms with Crippen molar-refractivity contribution in [3.63, 3.8) is 0 Å². The normalized spacial score (nSPS) is 15.8. The molecule has 0 aliphatic carbocycles. The van der Waals surface area contributed by atoms with Crippen LogP contribution < -0.4 is 0 Å². The van der Waals surface area contributed by atoms with Gasteiger partial charge in [-0.1, -0.05) is 27.7 Å². The topological polar surface area (TPSA) is 18.5 Å². The van der Waals surface area contributed by atoms with Crippen LogP contribution in [0.25, 0.3) is 0 Å². The van der Waals surface area contributed by atoms with Gasteiger partial charge in [0, 0.05) is 0 Å². The first-order valence-electron chi connectivity index (χ1n) is 6.16. The van der Waals surface area contributed by atoms with E-state index in [4.69, 9.17) is 9.16 Å². The van der Waals surface area contributed by atoms with Crippen LogP contribution in [0.1, 0.15) is 27.7 Å². The Balaban J connectivity index is 3.83. The summed E-state index contributed by atoms with van der Waals surface area (Å²) in [6, 6.07) is 0. The molecule has 6 heteroatoms. The van der Waals surface area contributed by atoms with Crippen molar-refractivity contribution in [1.29, 1.82) is 0 Å². The van der Waals surface area contributed by atoms with E-state index in [9.17, 15) is 13.2 Å². The van der Waals surface area contributed by atoms with Crippen LogP contribution in [0.4, 0.5) is 13.2 Å². The predicted octanol–water partition coefficient (Wildman–Crippen LogP) is 4.22. The highest BCUT2D eigenvalue weighted by Gasteiger charge is 2.37. The van der Waals surface area contributed by atoms with Gasteiger partial charge in [0.15, 0.2) is 8.32 Å². The Morgan fingerprint density at radius 3 is 1.94 bits per heavy atom. The minimum Gasteiger partial charge on any atom is -0.414 e. The van der Waals surface area contributed by atoms with E-state index in [-0.39, 0.29) is 18.3 Å². The van der Waals surface area contributed by atoms with Crippen molar-refractivity contribution in [2.75, 3.05) is 19.8 Å². The van der Waals surface area contributed by atoms with E-state index < -0.39 is 20.4 Å². The standard InChI is InChI=1S/C12H25F3O2Si/c1-10(12(13,14)15)9-16-7-8-17-18(5,6)11(2,3)4/h10H,7-9H2,1-6H3. The summed E-state index contributed by atoms with van der Waals surface area (Å²) >= 11 is 0. The maximum Gasteiger partial charge on any atom is 0.393 e. The summed E-state index contributed by atoms with van der Waals surface area (Å²) in [4.78, 5) is 0. The van der Waals surface area contributed by atoms with Gasteiger partial charge in [-0.05, 0) is 18.1 Å². The average molecular weight is 286 g/mol. The molecule has 0 bridgehead atoms. The van der Waals surface area contributed by atoms with Crippen LogP contribution in [0.3, 0.4) is 0 Å². The summed E-state index contributed by atoms with van der Waals surface area (Å²) in [5, 5.41) is 0.103. The second-order valence-corrected chi connectivity index (χ2v) is 10.9. The molecular weight excluding hydrogens is 261 g/mol. The highest BCUT2D eigenvalue weighted by Crippen LogP contribution is 2.36. The third kappa shape index (κ3) is 6.20. The first kappa shape index (κ1) is 17.9. The molecule has 0 saturated heterocycles. The molecule has 0 radical (unpaired) electrons. The Labute approximate surface area is 109 Å². The first-order valence-corrected chi connectivity index (χ1v) is 9.07. The minimum absolute atomic E-state index is 0.103. The molecule has 0 saturated carbocycles. The van der Waals surface area contributed by atoms with Gasteiger partial charge in [-0.2, -0.15) is 13.2 Å². The molecule has 1 atom stereocenters. The second kappa shape index (κ2) is 6.39. The largest absolute Gasteiger partial charge is 0.414 e. The molecule has 0 aliphatic rings. The van der Waals surface area contributed by atoms with Crippen molar-refractivity contribution in [3.05, 3.63) is 0 Å². The summed E-state index contributed by atoms with van der Waals surface area (Å²) in [5.74, 6) is -1.43. The van der Waals surface area contributed by atoms with E-state index in [0.29, 0.717) is 6.61 Å². The summed E-state index contributed by atoms with van der Waals surface area (Å²) in [7, 11) is -1.82. The van der Waals surface area contributed by atoms with Crippen LogP contribution in [0.5, 0.6) is 0 Å². The Kier molecular flexibility index (Phi) is 6.36. The Morgan fingerprint density at radius 2 is 1.56 bits per heavy atom. The monoisotopic (exact) mass is 286 g/mol. The Bertz CT molecular complexity index is 247. The number of halogens is 3. The van der Waals surface area contributed by atoms with Gasteiger partial charge in [-0.15, -0.1) is 0 Å². The molecule has 0 aromatic carbocycles. The zero-order chi connectivity index (χ0) is 14.6. The van der Waals surface area contributed by atoms with Crippen LogP contribution in [0, 0.1) is 5.92 Å². The smallest absolute Gasteiger partial charge is 0.393 e. The summed E-state index contributed by atoms with van der Waals surface area (Å²) in [5.41, 5.74) is 0. The van der Waals surface area contributed by atoms with Gasteiger partial charge >= 0.3 is 6.18 Å². The highest BCUT2D eigenvalue weighted by atomic mass is 28.4. The van der Waals surface area contributed by atoms with Crippen molar-refractivity contribution >= 4 is 8.32 Å². The van der Waals surface area contributed by atoms with Gasteiger partial charge in [-0.25, -0.2) is 0 Å². The van der Waals surface area contributed by atoms with Gasteiger partial charge in [-0.3, -0.25) is 0 Å². The SMILES string of the molecule is CC(COCCO[Si](C)(C)C(C)(C)C)C(F)(F)F. The number of rotatable bonds is 6. The van der Waals surface area contributed by atoms with E-state index in [1.165, 1.54) is 0 Å². The summed E-state index contributed by atoms with van der Waals surface area (Å²) < 4.78 is 47.4. The van der Waals surface area contributed by atoms with Crippen molar-refractivity contribution < 1.29 is 22.3 Å². The van der Waals surface area contributed by atoms with Gasteiger partial charge in [0.2, 0.25) is 0 Å². The molecule has 0 aromatic heterocycles. The Morgan fingerprint density at radius 1 is 1.06 bits per heavy atom. The first-order chi connectivity index (χ1) is 7.88. The zero-order valence-electron chi connectivity index (χ0n) is 12.1. The van der Waals surface area contributed by atoms with Crippen LogP contribution in [0.2, 0.25) is 18.1 Å². The fourth-order valence-corrected chi connectivity index (χ4v) is 1.95. The molecule has 0 amide bonds. The van der Waals surface area contributed by atoms with Gasteiger partial charge in [0.1, 0.15) is 0 Å². The lowest BCUT2D eigenvalue weighted by molar-refractivity contribution is -0.183. The van der Waals surface area contributed by atoms with Crippen LogP contribution in [-0.4, -0.2) is 34.3 Å². The molecule has 18 heavy (non-hydrogen) atoms. The number of hydrogen-bond donors (Lipinski definition) is 0. The molecule has 110 valence electrons. The lowest BCUT2D eigenvalue weighted by atomic mass is 10.2. The molecule has 0 N–H and O–H groups in total. The number of hydrogen-bond acceptors (Lipinski definition) is 2. The number of alkyl halides is 3. The maximum atomic E-state index is 12.2. The van der Waals surface area contributed by atoms with E-state index in [0.717, 1.165) is 6.92 Å². The van der Waals surface area contributed by atoms with Gasteiger partial charge < -0.3 is 9.16 Å². The average Bonchev–Trinajstić information content (AvgIpc) is 2.13. The lowest BCUT2D eigenvalue weighted by Crippen LogP contribution is -2.41. The fourth-order valence-electron chi connectivity index (χ4n) is 0.927. The second-order valence-electron chi connectivity index (χ2n) is 6.13. The molecule has 0 rings (SSSR count). The fraction of sp³-hybridized carbons (Fsp3) is 1.00. The van der Waals surface area contributed by atoms with E-state index in [2.05, 4.69) is 33.9 Å². The third-order valence-corrected chi connectivity index (χ3v) is 7.96. The summed E-state index contributed by atoms with van der Waals surface area (Å²) in [6.45, 7) is 12.0. The molecule has 0 heterocycles. The van der Waals surface area contributed by atoms with Crippen molar-refractivity contribution in [2.24, 2.45) is 5.92 Å². The van der Waals surface area contributed by atoms with Crippen LogP contribution >= 0.6 is 0 Å². The molecule has 1 unspecified atom stereocenters. The van der Waals surface area contributed by atoms with Crippen molar-refractivity contribution in [1.82, 2.24) is 0 Å². The molecular formula is C12H25F3O2Si. The van der Waals surface area contributed by atoms with E-state index in [1.54, 1.807) is 0 Å². The van der Waals surface area contributed by atoms with E-state index in [1.807, 2.05) is 0 Å². The van der Waals surface area contributed by atoms with Crippen LogP contribution in [0.15, 0.2) is 0 Å². The zero-order valence-corrected chi connectivity index (χ0v) is 13.1. The highest BCUT2D eigenvalue weighted by molar-refractivity contribution is 6.74. The molecule has 0 aromatic rings. The molecule has 0 fully saturated rings. The van der Waals surface area contributed by atoms with Crippen LogP contribution in [-0.2, 0) is 9.16 Å². The maximum absolute atomic E-state index is 12.2. The lowest BCUT2D eigenvalue weighted by Gasteiger charge is -2.36. The summed E-state index contributed by atoms with van der Waals surface area (Å²) in [6.07, 6.45) is -4.18. The molecule has 0 spiro atoms. The minimum atomic E-state index is -4.18. The number of ether oxygens (including phenoxy) is 1. The molecule has 0 aliphatic heterocycles. The van der Waals surface area contributed by atoms with Crippen molar-refractivity contribution in [3.8, 4) is 0 Å². The predicted molar refractivity (Wildman–Crippen MR) is 69.2 cm³/mol.